The third-order valence-electron chi connectivity index (χ3n) is 3.60. The maximum absolute atomic E-state index is 12.1. The van der Waals surface area contributed by atoms with E-state index in [2.05, 4.69) is 26.1 Å². The fourth-order valence-electron chi connectivity index (χ4n) is 2.49. The zero-order chi connectivity index (χ0) is 10.3. The molecule has 1 heterocycles. The van der Waals surface area contributed by atoms with Crippen molar-refractivity contribution in [1.82, 2.24) is 10.2 Å². The van der Waals surface area contributed by atoms with Crippen molar-refractivity contribution in [3.8, 4) is 0 Å². The summed E-state index contributed by atoms with van der Waals surface area (Å²) in [6.07, 6.45) is 3.13. The molecule has 80 valence electrons. The molecule has 0 aromatic carbocycles. The van der Waals surface area contributed by atoms with Crippen LogP contribution in [0.2, 0.25) is 0 Å². The van der Waals surface area contributed by atoms with Gasteiger partial charge in [0.15, 0.2) is 0 Å². The monoisotopic (exact) mass is 196 g/mol. The van der Waals surface area contributed by atoms with Gasteiger partial charge in [0.25, 0.3) is 0 Å². The lowest BCUT2D eigenvalue weighted by molar-refractivity contribution is -0.132. The van der Waals surface area contributed by atoms with E-state index in [1.165, 1.54) is 0 Å². The molecule has 3 heteroatoms. The molecule has 1 amide bonds. The van der Waals surface area contributed by atoms with Crippen molar-refractivity contribution in [3.05, 3.63) is 0 Å². The molecule has 1 aliphatic heterocycles. The summed E-state index contributed by atoms with van der Waals surface area (Å²) in [4.78, 5) is 14.1. The van der Waals surface area contributed by atoms with E-state index in [1.54, 1.807) is 0 Å². The van der Waals surface area contributed by atoms with Crippen LogP contribution >= 0.6 is 0 Å². The van der Waals surface area contributed by atoms with Crippen molar-refractivity contribution in [1.29, 1.82) is 0 Å². The predicted molar refractivity (Wildman–Crippen MR) is 55.7 cm³/mol. The van der Waals surface area contributed by atoms with Gasteiger partial charge in [-0.25, -0.2) is 0 Å². The summed E-state index contributed by atoms with van der Waals surface area (Å²) in [6.45, 7) is 7.31. The lowest BCUT2D eigenvalue weighted by atomic mass is 10.00. The van der Waals surface area contributed by atoms with Gasteiger partial charge in [-0.3, -0.25) is 10.1 Å². The first-order valence-electron chi connectivity index (χ1n) is 5.67. The van der Waals surface area contributed by atoms with Gasteiger partial charge in [-0.05, 0) is 25.2 Å². The minimum atomic E-state index is -0.123. The van der Waals surface area contributed by atoms with Crippen LogP contribution in [0.4, 0.5) is 0 Å². The fraction of sp³-hybridized carbons (Fsp3) is 0.909. The van der Waals surface area contributed by atoms with E-state index in [-0.39, 0.29) is 5.54 Å². The highest BCUT2D eigenvalue weighted by atomic mass is 16.2. The number of hydrogen-bond acceptors (Lipinski definition) is 2. The molecule has 14 heavy (non-hydrogen) atoms. The highest BCUT2D eigenvalue weighted by Gasteiger charge is 2.56. The molecule has 2 fully saturated rings. The van der Waals surface area contributed by atoms with Crippen LogP contribution in [0.5, 0.6) is 0 Å². The summed E-state index contributed by atoms with van der Waals surface area (Å²) in [5.41, 5.74) is -0.123. The minimum absolute atomic E-state index is 0.123. The first-order valence-corrected chi connectivity index (χ1v) is 5.67. The van der Waals surface area contributed by atoms with Crippen LogP contribution in [0.25, 0.3) is 0 Å². The van der Waals surface area contributed by atoms with Crippen LogP contribution in [0, 0.1) is 5.92 Å². The second-order valence-corrected chi connectivity index (χ2v) is 4.91. The van der Waals surface area contributed by atoms with Crippen molar-refractivity contribution in [2.75, 3.05) is 6.67 Å². The molecule has 1 aliphatic carbocycles. The van der Waals surface area contributed by atoms with Crippen LogP contribution in [-0.4, -0.2) is 29.1 Å². The topological polar surface area (TPSA) is 32.3 Å². The molecule has 0 bridgehead atoms. The third-order valence-corrected chi connectivity index (χ3v) is 3.60. The SMILES string of the molecule is CCC(C(C)C)N1CNC2(CC2)C1=O. The molecule has 0 radical (unpaired) electrons. The lowest BCUT2D eigenvalue weighted by Gasteiger charge is -2.29. The summed E-state index contributed by atoms with van der Waals surface area (Å²) < 4.78 is 0. The fourth-order valence-corrected chi connectivity index (χ4v) is 2.49. The van der Waals surface area contributed by atoms with E-state index < -0.39 is 0 Å². The molecule has 1 unspecified atom stereocenters. The average Bonchev–Trinajstić information content (AvgIpc) is 2.85. The Labute approximate surface area is 85.8 Å². The third kappa shape index (κ3) is 1.34. The molecule has 1 atom stereocenters. The van der Waals surface area contributed by atoms with Crippen molar-refractivity contribution in [2.45, 2.75) is 51.6 Å². The van der Waals surface area contributed by atoms with Crippen molar-refractivity contribution >= 4 is 5.91 Å². The Balaban J connectivity index is 2.08. The molecule has 1 spiro atoms. The number of amides is 1. The number of hydrogen-bond donors (Lipinski definition) is 1. The van der Waals surface area contributed by atoms with E-state index >= 15 is 0 Å². The maximum atomic E-state index is 12.1. The normalized spacial score (nSPS) is 26.3. The molecule has 2 rings (SSSR count). The Morgan fingerprint density at radius 3 is 2.50 bits per heavy atom. The Hall–Kier alpha value is -0.570. The van der Waals surface area contributed by atoms with Gasteiger partial charge in [0, 0.05) is 6.04 Å². The van der Waals surface area contributed by atoms with E-state index in [4.69, 9.17) is 0 Å². The molecule has 1 saturated carbocycles. The van der Waals surface area contributed by atoms with E-state index in [0.29, 0.717) is 17.9 Å². The highest BCUT2D eigenvalue weighted by molar-refractivity contribution is 5.91. The molecular formula is C11H20N2O. The summed E-state index contributed by atoms with van der Waals surface area (Å²) in [7, 11) is 0. The van der Waals surface area contributed by atoms with E-state index in [9.17, 15) is 4.79 Å². The van der Waals surface area contributed by atoms with E-state index in [0.717, 1.165) is 25.9 Å². The molecule has 0 aromatic rings. The molecular weight excluding hydrogens is 176 g/mol. The lowest BCUT2D eigenvalue weighted by Crippen LogP contribution is -2.41. The first kappa shape index (κ1) is 9.97. The summed E-state index contributed by atoms with van der Waals surface area (Å²) in [6, 6.07) is 0.412. The predicted octanol–water partition coefficient (Wildman–Crippen LogP) is 1.34. The van der Waals surface area contributed by atoms with Crippen LogP contribution in [-0.2, 0) is 4.79 Å². The van der Waals surface area contributed by atoms with Gasteiger partial charge in [-0.15, -0.1) is 0 Å². The van der Waals surface area contributed by atoms with Crippen LogP contribution < -0.4 is 5.32 Å². The Morgan fingerprint density at radius 1 is 1.50 bits per heavy atom. The van der Waals surface area contributed by atoms with Gasteiger partial charge in [0.05, 0.1) is 12.2 Å². The van der Waals surface area contributed by atoms with Crippen LogP contribution in [0.15, 0.2) is 0 Å². The smallest absolute Gasteiger partial charge is 0.244 e. The molecule has 1 saturated heterocycles. The molecule has 1 N–H and O–H groups in total. The van der Waals surface area contributed by atoms with Gasteiger partial charge in [-0.1, -0.05) is 20.8 Å². The van der Waals surface area contributed by atoms with Gasteiger partial charge >= 0.3 is 0 Å². The van der Waals surface area contributed by atoms with Crippen molar-refractivity contribution < 1.29 is 4.79 Å². The largest absolute Gasteiger partial charge is 0.325 e. The standard InChI is InChI=1S/C11H20N2O/c1-4-9(8(2)3)13-7-12-11(5-6-11)10(13)14/h8-9,12H,4-7H2,1-3H3. The Bertz CT molecular complexity index is 246. The van der Waals surface area contributed by atoms with Crippen molar-refractivity contribution in [2.24, 2.45) is 5.92 Å². The summed E-state index contributed by atoms with van der Waals surface area (Å²) >= 11 is 0. The van der Waals surface area contributed by atoms with E-state index in [1.807, 2.05) is 4.90 Å². The second-order valence-electron chi connectivity index (χ2n) is 4.91. The molecule has 2 aliphatic rings. The molecule has 0 aromatic heterocycles. The number of rotatable bonds is 3. The first-order chi connectivity index (χ1) is 6.60. The summed E-state index contributed by atoms with van der Waals surface area (Å²) in [5.74, 6) is 0.901. The average molecular weight is 196 g/mol. The van der Waals surface area contributed by atoms with Gasteiger partial charge in [0.1, 0.15) is 0 Å². The van der Waals surface area contributed by atoms with Gasteiger partial charge in [0.2, 0.25) is 5.91 Å². The number of nitrogens with zero attached hydrogens (tertiary/aromatic N) is 1. The highest BCUT2D eigenvalue weighted by Crippen LogP contribution is 2.41. The minimum Gasteiger partial charge on any atom is -0.325 e. The van der Waals surface area contributed by atoms with Gasteiger partial charge in [-0.2, -0.15) is 0 Å². The second kappa shape index (κ2) is 3.23. The number of carbonyl (C=O) groups is 1. The molecule has 3 nitrogen and oxygen atoms in total. The summed E-state index contributed by atoms with van der Waals surface area (Å²) in [5, 5.41) is 3.35. The zero-order valence-electron chi connectivity index (χ0n) is 9.34. The maximum Gasteiger partial charge on any atom is 0.244 e. The van der Waals surface area contributed by atoms with Gasteiger partial charge < -0.3 is 4.90 Å². The quantitative estimate of drug-likeness (QED) is 0.739. The Kier molecular flexibility index (Phi) is 2.30. The zero-order valence-corrected chi connectivity index (χ0v) is 9.34. The van der Waals surface area contributed by atoms with Crippen LogP contribution in [0.3, 0.4) is 0 Å². The van der Waals surface area contributed by atoms with Crippen molar-refractivity contribution in [3.63, 3.8) is 0 Å². The number of carbonyl (C=O) groups excluding carboxylic acids is 1. The number of nitrogens with one attached hydrogen (secondary N) is 1. The van der Waals surface area contributed by atoms with Crippen LogP contribution in [0.1, 0.15) is 40.0 Å². The Morgan fingerprint density at radius 2 is 2.14 bits per heavy atom.